The molecule has 1 aliphatic carbocycles. The smallest absolute Gasteiger partial charge is 0.307 e. The minimum atomic E-state index is -2.01. The molecule has 144 valence electrons. The number of methoxy groups -OCH3 is 1. The van der Waals surface area contributed by atoms with Crippen LogP contribution in [0.1, 0.15) is 58.4 Å². The summed E-state index contributed by atoms with van der Waals surface area (Å²) >= 11 is 0. The van der Waals surface area contributed by atoms with Gasteiger partial charge in [-0.2, -0.15) is 0 Å². The van der Waals surface area contributed by atoms with Gasteiger partial charge in [0.15, 0.2) is 0 Å². The van der Waals surface area contributed by atoms with Crippen LogP contribution in [0.25, 0.3) is 0 Å². The maximum Gasteiger partial charge on any atom is 0.307 e. The molecule has 1 heterocycles. The van der Waals surface area contributed by atoms with Gasteiger partial charge in [-0.25, -0.2) is 0 Å². The lowest BCUT2D eigenvalue weighted by molar-refractivity contribution is -0.140. The number of ether oxygens (including phenoxy) is 1. The van der Waals surface area contributed by atoms with Crippen molar-refractivity contribution in [3.05, 3.63) is 35.9 Å². The van der Waals surface area contributed by atoms with Crippen molar-refractivity contribution in [2.75, 3.05) is 7.11 Å². The third-order valence-electron chi connectivity index (χ3n) is 7.08. The fourth-order valence-corrected chi connectivity index (χ4v) is 8.81. The third kappa shape index (κ3) is 3.63. The average molecular weight is 375 g/mol. The second kappa shape index (κ2) is 7.85. The molecule has 3 atom stereocenters. The van der Waals surface area contributed by atoms with E-state index in [2.05, 4.69) is 44.2 Å². The number of benzene rings is 1. The Morgan fingerprint density at radius 2 is 1.77 bits per heavy atom. The predicted molar refractivity (Wildman–Crippen MR) is 108 cm³/mol. The monoisotopic (exact) mass is 374 g/mol. The Labute approximate surface area is 159 Å². The number of esters is 1. The van der Waals surface area contributed by atoms with Gasteiger partial charge in [-0.1, -0.05) is 70.4 Å². The fourth-order valence-electron chi connectivity index (χ4n) is 5.02. The first kappa shape index (κ1) is 19.6. The van der Waals surface area contributed by atoms with E-state index in [1.165, 1.54) is 38.4 Å². The van der Waals surface area contributed by atoms with Crippen molar-refractivity contribution in [1.29, 1.82) is 0 Å². The van der Waals surface area contributed by atoms with E-state index in [1.807, 2.05) is 6.92 Å². The lowest BCUT2D eigenvalue weighted by Gasteiger charge is -2.50. The summed E-state index contributed by atoms with van der Waals surface area (Å²) in [5, 5.41) is 0. The Bertz CT molecular complexity index is 609. The topological polar surface area (TPSA) is 35.5 Å². The summed E-state index contributed by atoms with van der Waals surface area (Å²) in [4.78, 5) is 12.2. The molecule has 1 unspecified atom stereocenters. The lowest BCUT2D eigenvalue weighted by Crippen LogP contribution is -2.56. The molecule has 1 aromatic carbocycles. The molecular formula is C22H34O3Si. The van der Waals surface area contributed by atoms with Crippen LogP contribution in [0, 0.1) is 5.92 Å². The lowest BCUT2D eigenvalue weighted by atomic mass is 9.66. The van der Waals surface area contributed by atoms with Crippen LogP contribution in [-0.2, 0) is 19.4 Å². The summed E-state index contributed by atoms with van der Waals surface area (Å²) in [6, 6.07) is 13.1. The van der Waals surface area contributed by atoms with Gasteiger partial charge in [0, 0.05) is 6.10 Å². The largest absolute Gasteiger partial charge is 0.469 e. The van der Waals surface area contributed by atoms with Gasteiger partial charge in [-0.3, -0.25) is 4.79 Å². The highest BCUT2D eigenvalue weighted by atomic mass is 28.4. The standard InChI is InChI=1S/C22H34O3Si/c1-17(21(23)24-4)26(15-10-16-26)25-20-14-9-8-13-19(20)22(2,3)18-11-6-5-7-12-18/h5-7,11-12,17,19-20H,8-10,13-16H2,1-4H3/t17?,19-,20-/m0/s1. The summed E-state index contributed by atoms with van der Waals surface area (Å²) in [6.45, 7) is 6.78. The SMILES string of the molecule is COC(=O)C(C)[Si]1(O[C@H]2CCCC[C@@H]2C(C)(C)c2ccccc2)CCC1. The molecule has 1 aromatic rings. The molecule has 3 nitrogen and oxygen atoms in total. The molecule has 2 fully saturated rings. The highest BCUT2D eigenvalue weighted by molar-refractivity contribution is 6.80. The fraction of sp³-hybridized carbons (Fsp3) is 0.682. The van der Waals surface area contributed by atoms with E-state index in [-0.39, 0.29) is 23.0 Å². The number of hydrogen-bond donors (Lipinski definition) is 0. The number of carbonyl (C=O) groups is 1. The van der Waals surface area contributed by atoms with E-state index in [9.17, 15) is 4.79 Å². The van der Waals surface area contributed by atoms with Crippen LogP contribution in [-0.4, -0.2) is 27.5 Å². The van der Waals surface area contributed by atoms with Crippen LogP contribution in [0.3, 0.4) is 0 Å². The summed E-state index contributed by atoms with van der Waals surface area (Å²) < 4.78 is 12.0. The Morgan fingerprint density at radius 1 is 1.12 bits per heavy atom. The summed E-state index contributed by atoms with van der Waals surface area (Å²) in [5.41, 5.74) is 1.43. The first-order valence-corrected chi connectivity index (χ1v) is 12.6. The zero-order chi connectivity index (χ0) is 18.8. The molecule has 0 spiro atoms. The van der Waals surface area contributed by atoms with Gasteiger partial charge < -0.3 is 9.16 Å². The van der Waals surface area contributed by atoms with Crippen molar-refractivity contribution < 1.29 is 14.0 Å². The van der Waals surface area contributed by atoms with Gasteiger partial charge in [0.05, 0.1) is 12.7 Å². The molecule has 2 aliphatic rings. The van der Waals surface area contributed by atoms with Crippen molar-refractivity contribution in [3.63, 3.8) is 0 Å². The van der Waals surface area contributed by atoms with Crippen molar-refractivity contribution in [1.82, 2.24) is 0 Å². The Morgan fingerprint density at radius 3 is 2.35 bits per heavy atom. The molecule has 26 heavy (non-hydrogen) atoms. The van der Waals surface area contributed by atoms with Gasteiger partial charge in [0.1, 0.15) is 0 Å². The van der Waals surface area contributed by atoms with Gasteiger partial charge in [0.25, 0.3) is 0 Å². The average Bonchev–Trinajstić information content (AvgIpc) is 2.64. The molecule has 0 radical (unpaired) electrons. The van der Waals surface area contributed by atoms with Crippen LogP contribution < -0.4 is 0 Å². The minimum Gasteiger partial charge on any atom is -0.469 e. The molecule has 1 saturated carbocycles. The van der Waals surface area contributed by atoms with Gasteiger partial charge in [-0.15, -0.1) is 0 Å². The van der Waals surface area contributed by atoms with Crippen molar-refractivity contribution >= 4 is 14.3 Å². The van der Waals surface area contributed by atoms with E-state index in [1.54, 1.807) is 0 Å². The number of hydrogen-bond acceptors (Lipinski definition) is 3. The zero-order valence-electron chi connectivity index (χ0n) is 16.8. The van der Waals surface area contributed by atoms with E-state index in [4.69, 9.17) is 9.16 Å². The van der Waals surface area contributed by atoms with E-state index < -0.39 is 8.32 Å². The highest BCUT2D eigenvalue weighted by Gasteiger charge is 2.53. The maximum atomic E-state index is 12.2. The molecule has 0 amide bonds. The van der Waals surface area contributed by atoms with Crippen LogP contribution in [0.4, 0.5) is 0 Å². The van der Waals surface area contributed by atoms with E-state index >= 15 is 0 Å². The third-order valence-corrected chi connectivity index (χ3v) is 12.1. The first-order valence-electron chi connectivity index (χ1n) is 10.2. The molecule has 0 N–H and O–H groups in total. The molecule has 1 saturated heterocycles. The maximum absolute atomic E-state index is 12.2. The second-order valence-corrected chi connectivity index (χ2v) is 13.0. The van der Waals surface area contributed by atoms with Crippen molar-refractivity contribution in [2.45, 2.75) is 82.0 Å². The molecular weight excluding hydrogens is 340 g/mol. The molecule has 0 aromatic heterocycles. The van der Waals surface area contributed by atoms with Crippen LogP contribution >= 0.6 is 0 Å². The predicted octanol–water partition coefficient (Wildman–Crippen LogP) is 5.45. The zero-order valence-corrected chi connectivity index (χ0v) is 17.8. The molecule has 0 bridgehead atoms. The second-order valence-electron chi connectivity index (χ2n) is 8.80. The molecule has 3 rings (SSSR count). The Hall–Kier alpha value is -1.13. The van der Waals surface area contributed by atoms with Gasteiger partial charge in [-0.05, 0) is 41.8 Å². The highest BCUT2D eigenvalue weighted by Crippen LogP contribution is 2.48. The molecule has 4 heteroatoms. The Balaban J connectivity index is 1.82. The summed E-state index contributed by atoms with van der Waals surface area (Å²) in [7, 11) is -0.512. The van der Waals surface area contributed by atoms with E-state index in [0.717, 1.165) is 18.5 Å². The normalized spacial score (nSPS) is 26.6. The summed E-state index contributed by atoms with van der Waals surface area (Å²) in [5.74, 6) is 0.430. The number of rotatable bonds is 6. The summed E-state index contributed by atoms with van der Waals surface area (Å²) in [6.07, 6.45) is 6.34. The van der Waals surface area contributed by atoms with Crippen LogP contribution in [0.5, 0.6) is 0 Å². The van der Waals surface area contributed by atoms with Crippen LogP contribution in [0.2, 0.25) is 17.6 Å². The quantitative estimate of drug-likeness (QED) is 0.490. The van der Waals surface area contributed by atoms with Crippen molar-refractivity contribution in [2.24, 2.45) is 5.92 Å². The van der Waals surface area contributed by atoms with Gasteiger partial charge >= 0.3 is 5.97 Å². The van der Waals surface area contributed by atoms with Crippen molar-refractivity contribution in [3.8, 4) is 0 Å². The minimum absolute atomic E-state index is 0.0522. The first-order chi connectivity index (χ1) is 12.4. The molecule has 1 aliphatic heterocycles. The van der Waals surface area contributed by atoms with Crippen LogP contribution in [0.15, 0.2) is 30.3 Å². The Kier molecular flexibility index (Phi) is 5.93. The number of carbonyl (C=O) groups excluding carboxylic acids is 1. The van der Waals surface area contributed by atoms with E-state index in [0.29, 0.717) is 5.92 Å². The van der Waals surface area contributed by atoms with Gasteiger partial charge in [0.2, 0.25) is 8.32 Å².